The van der Waals surface area contributed by atoms with Gasteiger partial charge in [0, 0.05) is 54.3 Å². The molecule has 194 valence electrons. The summed E-state index contributed by atoms with van der Waals surface area (Å²) in [6.07, 6.45) is 0.706. The van der Waals surface area contributed by atoms with E-state index < -0.39 is 10.0 Å². The van der Waals surface area contributed by atoms with Gasteiger partial charge in [-0.1, -0.05) is 54.1 Å². The Morgan fingerprint density at radius 1 is 0.973 bits per heavy atom. The summed E-state index contributed by atoms with van der Waals surface area (Å²) in [4.78, 5) is 16.5. The van der Waals surface area contributed by atoms with E-state index in [0.717, 1.165) is 16.7 Å². The van der Waals surface area contributed by atoms with Gasteiger partial charge in [-0.15, -0.1) is 0 Å². The zero-order chi connectivity index (χ0) is 26.3. The number of nitrogens with zero attached hydrogens (tertiary/aromatic N) is 3. The van der Waals surface area contributed by atoms with E-state index >= 15 is 0 Å². The van der Waals surface area contributed by atoms with E-state index in [-0.39, 0.29) is 22.9 Å². The summed E-state index contributed by atoms with van der Waals surface area (Å²) in [5.74, 6) is -0.0836. The summed E-state index contributed by atoms with van der Waals surface area (Å²) in [7, 11) is -3.76. The average Bonchev–Trinajstić information content (AvgIpc) is 3.20. The molecule has 9 heteroatoms. The first-order chi connectivity index (χ1) is 17.7. The maximum absolute atomic E-state index is 13.8. The number of piperazine rings is 1. The minimum absolute atomic E-state index is 0.000615. The van der Waals surface area contributed by atoms with Crippen molar-refractivity contribution in [3.8, 4) is 0 Å². The van der Waals surface area contributed by atoms with Gasteiger partial charge in [-0.2, -0.15) is 4.31 Å². The standard InChI is InChI=1S/C28H29BrClN3O3S/c1-19-16-23-17-25(29)27(18-26(23)33(19)20(2)34)37(35,36)32-14-12-31(13-15-32)28(21-6-4-3-5-7-21)22-8-10-24(30)11-9-22/h3-11,17-19,28H,12-16H2,1-2H3/t19-,28+/m1/s1. The van der Waals surface area contributed by atoms with Gasteiger partial charge >= 0.3 is 0 Å². The van der Waals surface area contributed by atoms with Crippen LogP contribution in [0.15, 0.2) is 76.1 Å². The summed E-state index contributed by atoms with van der Waals surface area (Å²) >= 11 is 9.65. The molecule has 2 atom stereocenters. The number of rotatable bonds is 5. The van der Waals surface area contributed by atoms with Crippen molar-refractivity contribution < 1.29 is 13.2 Å². The Hall–Kier alpha value is -2.23. The van der Waals surface area contributed by atoms with Crippen molar-refractivity contribution in [3.63, 3.8) is 0 Å². The number of anilines is 1. The Morgan fingerprint density at radius 3 is 2.22 bits per heavy atom. The summed E-state index contributed by atoms with van der Waals surface area (Å²) in [5.41, 5.74) is 3.94. The first-order valence-electron chi connectivity index (χ1n) is 12.3. The molecule has 1 saturated heterocycles. The molecule has 2 heterocycles. The lowest BCUT2D eigenvalue weighted by Gasteiger charge is -2.39. The Labute approximate surface area is 232 Å². The molecule has 0 bridgehead atoms. The van der Waals surface area contributed by atoms with Crippen LogP contribution < -0.4 is 4.90 Å². The Kier molecular flexibility index (Phi) is 7.49. The minimum atomic E-state index is -3.76. The van der Waals surface area contributed by atoms with Gasteiger partial charge in [0.2, 0.25) is 15.9 Å². The first kappa shape index (κ1) is 26.4. The smallest absolute Gasteiger partial charge is 0.244 e. The lowest BCUT2D eigenvalue weighted by atomic mass is 9.96. The second-order valence-corrected chi connectivity index (χ2v) is 12.9. The molecule has 0 aromatic heterocycles. The van der Waals surface area contributed by atoms with Gasteiger partial charge in [0.1, 0.15) is 0 Å². The van der Waals surface area contributed by atoms with E-state index in [1.54, 1.807) is 15.3 Å². The molecule has 0 radical (unpaired) electrons. The molecule has 3 aromatic rings. The van der Waals surface area contributed by atoms with E-state index in [1.165, 1.54) is 6.92 Å². The summed E-state index contributed by atoms with van der Waals surface area (Å²) < 4.78 is 29.6. The fourth-order valence-electron chi connectivity index (χ4n) is 5.53. The van der Waals surface area contributed by atoms with Crippen LogP contribution in [-0.2, 0) is 21.2 Å². The first-order valence-corrected chi connectivity index (χ1v) is 14.9. The molecule has 5 rings (SSSR count). The van der Waals surface area contributed by atoms with Crippen LogP contribution in [0.5, 0.6) is 0 Å². The predicted octanol–water partition coefficient (Wildman–Crippen LogP) is 5.50. The van der Waals surface area contributed by atoms with Gasteiger partial charge in [0.05, 0.1) is 10.9 Å². The summed E-state index contributed by atoms with van der Waals surface area (Å²) in [6, 6.07) is 21.6. The van der Waals surface area contributed by atoms with E-state index in [4.69, 9.17) is 11.6 Å². The molecule has 2 aliphatic heterocycles. The number of benzene rings is 3. The van der Waals surface area contributed by atoms with E-state index in [2.05, 4.69) is 33.0 Å². The van der Waals surface area contributed by atoms with Crippen molar-refractivity contribution in [3.05, 3.63) is 92.9 Å². The lowest BCUT2D eigenvalue weighted by molar-refractivity contribution is -0.116. The van der Waals surface area contributed by atoms with Gasteiger partial charge in [0.25, 0.3) is 0 Å². The number of carbonyl (C=O) groups is 1. The number of carbonyl (C=O) groups excluding carboxylic acids is 1. The highest BCUT2D eigenvalue weighted by Crippen LogP contribution is 2.39. The molecule has 0 N–H and O–H groups in total. The highest BCUT2D eigenvalue weighted by Gasteiger charge is 2.36. The van der Waals surface area contributed by atoms with E-state index in [9.17, 15) is 13.2 Å². The molecule has 0 unspecified atom stereocenters. The van der Waals surface area contributed by atoms with E-state index in [1.807, 2.05) is 55.5 Å². The minimum Gasteiger partial charge on any atom is -0.309 e. The third-order valence-electron chi connectivity index (χ3n) is 7.25. The molecule has 0 aliphatic carbocycles. The van der Waals surface area contributed by atoms with Gasteiger partial charge in [0.15, 0.2) is 0 Å². The monoisotopic (exact) mass is 601 g/mol. The van der Waals surface area contributed by atoms with Gasteiger partial charge in [-0.25, -0.2) is 8.42 Å². The number of fused-ring (bicyclic) bond motifs is 1. The summed E-state index contributed by atoms with van der Waals surface area (Å²) in [6.45, 7) is 5.41. The van der Waals surface area contributed by atoms with Gasteiger partial charge < -0.3 is 4.90 Å². The molecule has 6 nitrogen and oxygen atoms in total. The fourth-order valence-corrected chi connectivity index (χ4v) is 8.15. The molecule has 1 amide bonds. The molecule has 1 fully saturated rings. The second kappa shape index (κ2) is 10.5. The summed E-state index contributed by atoms with van der Waals surface area (Å²) in [5, 5.41) is 0.684. The van der Waals surface area contributed by atoms with E-state index in [0.29, 0.717) is 47.8 Å². The molecule has 2 aliphatic rings. The third-order valence-corrected chi connectivity index (χ3v) is 10.4. The molecule has 0 saturated carbocycles. The Balaban J connectivity index is 1.40. The van der Waals surface area contributed by atoms with Crippen molar-refractivity contribution >= 4 is 49.1 Å². The van der Waals surface area contributed by atoms with Crippen molar-refractivity contribution in [2.24, 2.45) is 0 Å². The fraction of sp³-hybridized carbons (Fsp3) is 0.321. The van der Waals surface area contributed by atoms with Gasteiger partial charge in [-0.05, 0) is 70.2 Å². The Morgan fingerprint density at radius 2 is 1.59 bits per heavy atom. The van der Waals surface area contributed by atoms with Crippen LogP contribution in [0.3, 0.4) is 0 Å². The van der Waals surface area contributed by atoms with Crippen LogP contribution in [0.2, 0.25) is 5.02 Å². The predicted molar refractivity (Wildman–Crippen MR) is 151 cm³/mol. The maximum Gasteiger partial charge on any atom is 0.244 e. The average molecular weight is 603 g/mol. The van der Waals surface area contributed by atoms with Crippen LogP contribution in [0.25, 0.3) is 0 Å². The van der Waals surface area contributed by atoms with Crippen LogP contribution in [0, 0.1) is 0 Å². The third kappa shape index (κ3) is 5.10. The van der Waals surface area contributed by atoms with Crippen molar-refractivity contribution in [1.29, 1.82) is 0 Å². The number of hydrogen-bond donors (Lipinski definition) is 0. The zero-order valence-electron chi connectivity index (χ0n) is 20.8. The number of hydrogen-bond acceptors (Lipinski definition) is 4. The van der Waals surface area contributed by atoms with Crippen LogP contribution in [-0.4, -0.2) is 55.8 Å². The van der Waals surface area contributed by atoms with Gasteiger partial charge in [-0.3, -0.25) is 9.69 Å². The molecule has 37 heavy (non-hydrogen) atoms. The molecule has 3 aromatic carbocycles. The van der Waals surface area contributed by atoms with Crippen LogP contribution in [0.1, 0.15) is 36.6 Å². The highest BCUT2D eigenvalue weighted by molar-refractivity contribution is 9.10. The number of amides is 1. The Bertz CT molecular complexity index is 1410. The van der Waals surface area contributed by atoms with Crippen molar-refractivity contribution in [1.82, 2.24) is 9.21 Å². The SMILES string of the molecule is CC(=O)N1c2cc(S(=O)(=O)N3CCN([C@@H](c4ccccc4)c4ccc(Cl)cc4)CC3)c(Br)cc2C[C@H]1C. The number of sulfonamides is 1. The zero-order valence-corrected chi connectivity index (χ0v) is 23.9. The number of halogens is 2. The largest absolute Gasteiger partial charge is 0.309 e. The highest BCUT2D eigenvalue weighted by atomic mass is 79.9. The lowest BCUT2D eigenvalue weighted by Crippen LogP contribution is -2.49. The molecular weight excluding hydrogens is 574 g/mol. The van der Waals surface area contributed by atoms with Crippen molar-refractivity contribution in [2.75, 3.05) is 31.1 Å². The van der Waals surface area contributed by atoms with Crippen LogP contribution >= 0.6 is 27.5 Å². The van der Waals surface area contributed by atoms with Crippen LogP contribution in [0.4, 0.5) is 5.69 Å². The topological polar surface area (TPSA) is 60.9 Å². The maximum atomic E-state index is 13.8. The molecular formula is C28H29BrClN3O3S. The van der Waals surface area contributed by atoms with Crippen molar-refractivity contribution in [2.45, 2.75) is 37.2 Å². The second-order valence-electron chi connectivity index (χ2n) is 9.66. The normalized spacial score (nSPS) is 19.6. The quantitative estimate of drug-likeness (QED) is 0.387. The molecule has 0 spiro atoms.